The van der Waals surface area contributed by atoms with Crippen LogP contribution in [0.15, 0.2) is 206 Å². The Kier molecular flexibility index (Phi) is 9.86. The van der Waals surface area contributed by atoms with Crippen molar-refractivity contribution in [2.75, 3.05) is 0 Å². The summed E-state index contributed by atoms with van der Waals surface area (Å²) < 4.78 is 0. The fraction of sp³-hybridized carbons (Fsp3) is 0.0345. The van der Waals surface area contributed by atoms with Crippen LogP contribution in [0, 0.1) is 13.8 Å². The molecule has 0 amide bonds. The number of hydrogen-bond donors (Lipinski definition) is 0. The van der Waals surface area contributed by atoms with Crippen LogP contribution in [0.1, 0.15) is 11.1 Å². The highest BCUT2D eigenvalue weighted by atomic mass is 15.0. The molecule has 0 saturated heterocycles. The van der Waals surface area contributed by atoms with Gasteiger partial charge in [-0.1, -0.05) is 206 Å². The summed E-state index contributed by atoms with van der Waals surface area (Å²) in [6.07, 6.45) is 0. The number of fused-ring (bicyclic) bond motifs is 3. The van der Waals surface area contributed by atoms with Crippen LogP contribution in [0.25, 0.3) is 112 Å². The largest absolute Gasteiger partial charge is 0.208 e. The van der Waals surface area contributed by atoms with Crippen molar-refractivity contribution in [3.8, 4) is 90.6 Å². The lowest BCUT2D eigenvalue weighted by atomic mass is 9.91. The Balaban J connectivity index is 0.932. The third-order valence-corrected chi connectivity index (χ3v) is 11.9. The van der Waals surface area contributed by atoms with Crippen molar-refractivity contribution in [1.29, 1.82) is 0 Å². The molecule has 0 radical (unpaired) electrons. The SMILES string of the molecule is Cc1ccccc1-c1nc(-c2ccccc2)nc(-c2ccc(-c3cccc4c3ccc3c(-c5ccc(-c6nc(-c7ccccc7)nc(-c7ccccc7C)n6)cc5)cccc34)cc2)n1. The van der Waals surface area contributed by atoms with E-state index in [1.165, 1.54) is 32.7 Å². The van der Waals surface area contributed by atoms with E-state index in [2.05, 4.69) is 135 Å². The number of benzene rings is 9. The lowest BCUT2D eigenvalue weighted by Crippen LogP contribution is -2.01. The average Bonchev–Trinajstić information content (AvgIpc) is 3.36. The van der Waals surface area contributed by atoms with Gasteiger partial charge in [0.15, 0.2) is 34.9 Å². The van der Waals surface area contributed by atoms with Crippen molar-refractivity contribution in [2.24, 2.45) is 0 Å². The zero-order valence-corrected chi connectivity index (χ0v) is 35.3. The van der Waals surface area contributed by atoms with Gasteiger partial charge in [0, 0.05) is 33.4 Å². The van der Waals surface area contributed by atoms with Gasteiger partial charge in [-0.25, -0.2) is 29.9 Å². The molecule has 0 aliphatic heterocycles. The molecule has 0 aliphatic rings. The van der Waals surface area contributed by atoms with Crippen LogP contribution in [0.2, 0.25) is 0 Å². The molecule has 2 heterocycles. The van der Waals surface area contributed by atoms with Gasteiger partial charge in [-0.05, 0) is 68.8 Å². The van der Waals surface area contributed by atoms with Crippen LogP contribution in [-0.2, 0) is 0 Å². The maximum atomic E-state index is 5.00. The van der Waals surface area contributed by atoms with Gasteiger partial charge in [-0.2, -0.15) is 0 Å². The normalized spacial score (nSPS) is 11.3. The second-order valence-corrected chi connectivity index (χ2v) is 16.0. The summed E-state index contributed by atoms with van der Waals surface area (Å²) >= 11 is 0. The van der Waals surface area contributed by atoms with Crippen molar-refractivity contribution in [1.82, 2.24) is 29.9 Å². The minimum atomic E-state index is 0.639. The van der Waals surface area contributed by atoms with Crippen molar-refractivity contribution in [2.45, 2.75) is 13.8 Å². The van der Waals surface area contributed by atoms with Crippen LogP contribution in [0.5, 0.6) is 0 Å². The number of aryl methyl sites for hydroxylation is 2. The van der Waals surface area contributed by atoms with Gasteiger partial charge in [0.25, 0.3) is 0 Å². The van der Waals surface area contributed by atoms with Gasteiger partial charge in [0.2, 0.25) is 0 Å². The molecule has 302 valence electrons. The van der Waals surface area contributed by atoms with Crippen LogP contribution in [-0.4, -0.2) is 29.9 Å². The first-order chi connectivity index (χ1) is 31.5. The molecule has 2 aromatic heterocycles. The molecule has 6 heteroatoms. The zero-order valence-electron chi connectivity index (χ0n) is 35.3. The molecule has 0 N–H and O–H groups in total. The Morgan fingerprint density at radius 3 is 0.875 bits per heavy atom. The van der Waals surface area contributed by atoms with E-state index in [9.17, 15) is 0 Å². The fourth-order valence-electron chi connectivity index (χ4n) is 8.56. The Morgan fingerprint density at radius 1 is 0.203 bits per heavy atom. The van der Waals surface area contributed by atoms with Crippen molar-refractivity contribution in [3.05, 3.63) is 217 Å². The third-order valence-electron chi connectivity index (χ3n) is 11.9. The second-order valence-electron chi connectivity index (χ2n) is 16.0. The highest BCUT2D eigenvalue weighted by Gasteiger charge is 2.17. The molecule has 9 aromatic carbocycles. The van der Waals surface area contributed by atoms with Gasteiger partial charge in [0.1, 0.15) is 0 Å². The number of aromatic nitrogens is 6. The first-order valence-electron chi connectivity index (χ1n) is 21.5. The molecular weight excluding hydrogens is 781 g/mol. The summed E-state index contributed by atoms with van der Waals surface area (Å²) in [4.78, 5) is 29.8. The average molecular weight is 821 g/mol. The first kappa shape index (κ1) is 38.4. The summed E-state index contributed by atoms with van der Waals surface area (Å²) in [6.45, 7) is 4.18. The van der Waals surface area contributed by atoms with E-state index in [1.807, 2.05) is 84.9 Å². The first-order valence-corrected chi connectivity index (χ1v) is 21.5. The smallest absolute Gasteiger partial charge is 0.164 e. The fourth-order valence-corrected chi connectivity index (χ4v) is 8.56. The van der Waals surface area contributed by atoms with Crippen molar-refractivity contribution < 1.29 is 0 Å². The van der Waals surface area contributed by atoms with E-state index in [1.54, 1.807) is 0 Å². The molecule has 11 rings (SSSR count). The minimum Gasteiger partial charge on any atom is -0.208 e. The topological polar surface area (TPSA) is 77.3 Å². The molecule has 0 atom stereocenters. The summed E-state index contributed by atoms with van der Waals surface area (Å²) in [7, 11) is 0. The highest BCUT2D eigenvalue weighted by molar-refractivity contribution is 6.15. The molecule has 0 aliphatic carbocycles. The van der Waals surface area contributed by atoms with Gasteiger partial charge >= 0.3 is 0 Å². The Bertz CT molecular complexity index is 3260. The van der Waals surface area contributed by atoms with E-state index in [-0.39, 0.29) is 0 Å². The van der Waals surface area contributed by atoms with E-state index >= 15 is 0 Å². The Morgan fingerprint density at radius 2 is 0.500 bits per heavy atom. The minimum absolute atomic E-state index is 0.639. The van der Waals surface area contributed by atoms with E-state index in [0.717, 1.165) is 55.6 Å². The predicted octanol–water partition coefficient (Wildman–Crippen LogP) is 14.3. The summed E-state index contributed by atoms with van der Waals surface area (Å²) in [6, 6.07) is 71.5. The van der Waals surface area contributed by atoms with Gasteiger partial charge in [0.05, 0.1) is 0 Å². The number of nitrogens with zero attached hydrogens (tertiary/aromatic N) is 6. The van der Waals surface area contributed by atoms with E-state index in [0.29, 0.717) is 34.9 Å². The third kappa shape index (κ3) is 7.27. The number of rotatable bonds is 8. The zero-order chi connectivity index (χ0) is 43.0. The standard InChI is InChI=1S/C58H40N6/c1-37-15-9-11-21-45(37)57-61-53(41-17-5-3-6-18-41)59-55(63-57)43-31-27-39(28-32-43)47-23-13-25-49-50-26-14-24-48(52(50)36-35-51(47)49)40-29-33-44(34-30-40)56-60-54(42-19-7-4-8-20-42)62-58(64-56)46-22-12-10-16-38(46)2/h3-36H,1-2H3. The van der Waals surface area contributed by atoms with Crippen LogP contribution in [0.3, 0.4) is 0 Å². The molecule has 0 fully saturated rings. The van der Waals surface area contributed by atoms with Crippen LogP contribution >= 0.6 is 0 Å². The van der Waals surface area contributed by atoms with E-state index < -0.39 is 0 Å². The van der Waals surface area contributed by atoms with Gasteiger partial charge in [-0.15, -0.1) is 0 Å². The molecule has 0 unspecified atom stereocenters. The highest BCUT2D eigenvalue weighted by Crippen LogP contribution is 2.38. The van der Waals surface area contributed by atoms with Gasteiger partial charge in [-0.3, -0.25) is 0 Å². The number of hydrogen-bond acceptors (Lipinski definition) is 6. The summed E-state index contributed by atoms with van der Waals surface area (Å²) in [5.74, 6) is 3.90. The van der Waals surface area contributed by atoms with Crippen molar-refractivity contribution >= 4 is 21.5 Å². The molecule has 0 saturated carbocycles. The lowest BCUT2D eigenvalue weighted by Gasteiger charge is -2.14. The second kappa shape index (κ2) is 16.4. The molecule has 0 bridgehead atoms. The van der Waals surface area contributed by atoms with Gasteiger partial charge < -0.3 is 0 Å². The predicted molar refractivity (Wildman–Crippen MR) is 261 cm³/mol. The van der Waals surface area contributed by atoms with Crippen molar-refractivity contribution in [3.63, 3.8) is 0 Å². The monoisotopic (exact) mass is 820 g/mol. The lowest BCUT2D eigenvalue weighted by molar-refractivity contribution is 1.07. The molecule has 6 nitrogen and oxygen atoms in total. The summed E-state index contributed by atoms with van der Waals surface area (Å²) in [5, 5.41) is 4.79. The van der Waals surface area contributed by atoms with Crippen LogP contribution < -0.4 is 0 Å². The Hall–Kier alpha value is -8.48. The molecular formula is C58H40N6. The molecule has 64 heavy (non-hydrogen) atoms. The Labute approximate surface area is 371 Å². The van der Waals surface area contributed by atoms with E-state index in [4.69, 9.17) is 29.9 Å². The quantitative estimate of drug-likeness (QED) is 0.142. The summed E-state index contributed by atoms with van der Waals surface area (Å²) in [5.41, 5.74) is 12.5. The maximum Gasteiger partial charge on any atom is 0.164 e. The molecule has 11 aromatic rings. The van der Waals surface area contributed by atoms with Crippen LogP contribution in [0.4, 0.5) is 0 Å². The molecule has 0 spiro atoms. The maximum absolute atomic E-state index is 5.00.